The van der Waals surface area contributed by atoms with Gasteiger partial charge in [-0.1, -0.05) is 48.6 Å². The molecule has 0 aromatic heterocycles. The van der Waals surface area contributed by atoms with Crippen LogP contribution in [0.4, 0.5) is 0 Å². The predicted octanol–water partition coefficient (Wildman–Crippen LogP) is 3.85. The predicted molar refractivity (Wildman–Crippen MR) is 61.5 cm³/mol. The van der Waals surface area contributed by atoms with E-state index in [9.17, 15) is 0 Å². The summed E-state index contributed by atoms with van der Waals surface area (Å²) in [6.07, 6.45) is 6.50. The van der Waals surface area contributed by atoms with Crippen molar-refractivity contribution in [3.63, 3.8) is 0 Å². The smallest absolute Gasteiger partial charge is 0.00544 e. The van der Waals surface area contributed by atoms with Crippen molar-refractivity contribution in [3.05, 3.63) is 59.7 Å². The Balaban J connectivity index is 2.34. The van der Waals surface area contributed by atoms with Gasteiger partial charge in [0.1, 0.15) is 0 Å². The second-order valence-electron chi connectivity index (χ2n) is 3.94. The van der Waals surface area contributed by atoms with Gasteiger partial charge in [0.15, 0.2) is 0 Å². The van der Waals surface area contributed by atoms with Crippen molar-refractivity contribution in [3.8, 4) is 0 Å². The Morgan fingerprint density at radius 2 is 2.21 bits per heavy atom. The van der Waals surface area contributed by atoms with E-state index in [0.29, 0.717) is 5.92 Å². The van der Waals surface area contributed by atoms with Crippen LogP contribution in [0.2, 0.25) is 0 Å². The minimum absolute atomic E-state index is 0.629. The Morgan fingerprint density at radius 3 is 3.00 bits per heavy atom. The van der Waals surface area contributed by atoms with Gasteiger partial charge in [0.2, 0.25) is 0 Å². The third kappa shape index (κ3) is 1.52. The minimum Gasteiger partial charge on any atom is -0.0991 e. The number of rotatable bonds is 2. The molecule has 0 heteroatoms. The van der Waals surface area contributed by atoms with Crippen molar-refractivity contribution in [2.45, 2.75) is 25.7 Å². The van der Waals surface area contributed by atoms with Crippen LogP contribution in [0.3, 0.4) is 0 Å². The van der Waals surface area contributed by atoms with Crippen LogP contribution in [0.25, 0.3) is 0 Å². The standard InChI is InChI=1S/C14H16/c1-3-6-11(2)13-10-9-12-7-4-5-8-14(12)13/h3-8,13H,1,9-10H2,2H3. The average molecular weight is 184 g/mol. The van der Waals surface area contributed by atoms with Crippen LogP contribution in [0, 0.1) is 0 Å². The maximum Gasteiger partial charge on any atom is 0.00544 e. The zero-order valence-electron chi connectivity index (χ0n) is 8.66. The van der Waals surface area contributed by atoms with Crippen LogP contribution in [0.15, 0.2) is 48.6 Å². The first kappa shape index (κ1) is 9.26. The van der Waals surface area contributed by atoms with Gasteiger partial charge in [-0.05, 0) is 30.9 Å². The average Bonchev–Trinajstić information content (AvgIpc) is 2.61. The fourth-order valence-electron chi connectivity index (χ4n) is 2.33. The highest BCUT2D eigenvalue weighted by molar-refractivity contribution is 5.40. The van der Waals surface area contributed by atoms with Crippen LogP contribution < -0.4 is 0 Å². The molecule has 1 aromatic carbocycles. The molecule has 1 aromatic rings. The number of hydrogen-bond acceptors (Lipinski definition) is 0. The van der Waals surface area contributed by atoms with Gasteiger partial charge in [-0.15, -0.1) is 0 Å². The summed E-state index contributed by atoms with van der Waals surface area (Å²) in [4.78, 5) is 0. The van der Waals surface area contributed by atoms with Crippen molar-refractivity contribution in [1.82, 2.24) is 0 Å². The molecule has 0 bridgehead atoms. The first-order chi connectivity index (χ1) is 6.83. The molecule has 14 heavy (non-hydrogen) atoms. The van der Waals surface area contributed by atoms with Crippen molar-refractivity contribution >= 4 is 0 Å². The summed E-state index contributed by atoms with van der Waals surface area (Å²) in [6, 6.07) is 8.77. The lowest BCUT2D eigenvalue weighted by Gasteiger charge is -2.11. The molecular weight excluding hydrogens is 168 g/mol. The Kier molecular flexibility index (Phi) is 2.53. The monoisotopic (exact) mass is 184 g/mol. The lowest BCUT2D eigenvalue weighted by Crippen LogP contribution is -1.94. The summed E-state index contributed by atoms with van der Waals surface area (Å²) < 4.78 is 0. The maximum absolute atomic E-state index is 3.75. The summed E-state index contributed by atoms with van der Waals surface area (Å²) in [7, 11) is 0. The maximum atomic E-state index is 3.75. The normalized spacial score (nSPS) is 20.6. The van der Waals surface area contributed by atoms with E-state index in [1.54, 1.807) is 0 Å². The van der Waals surface area contributed by atoms with Crippen LogP contribution in [-0.2, 0) is 6.42 Å². The zero-order chi connectivity index (χ0) is 9.97. The topological polar surface area (TPSA) is 0 Å². The van der Waals surface area contributed by atoms with E-state index in [2.05, 4.69) is 43.8 Å². The summed E-state index contributed by atoms with van der Waals surface area (Å²) >= 11 is 0. The highest BCUT2D eigenvalue weighted by Gasteiger charge is 2.22. The number of allylic oxidation sites excluding steroid dienone is 3. The molecule has 0 nitrogen and oxygen atoms in total. The fourth-order valence-corrected chi connectivity index (χ4v) is 2.33. The summed E-state index contributed by atoms with van der Waals surface area (Å²) in [5, 5.41) is 0. The van der Waals surface area contributed by atoms with E-state index in [-0.39, 0.29) is 0 Å². The molecule has 0 heterocycles. The van der Waals surface area contributed by atoms with Crippen LogP contribution >= 0.6 is 0 Å². The Hall–Kier alpha value is -1.30. The van der Waals surface area contributed by atoms with Gasteiger partial charge < -0.3 is 0 Å². The van der Waals surface area contributed by atoms with E-state index in [4.69, 9.17) is 0 Å². The number of hydrogen-bond donors (Lipinski definition) is 0. The second kappa shape index (κ2) is 3.83. The van der Waals surface area contributed by atoms with E-state index in [0.717, 1.165) is 0 Å². The lowest BCUT2D eigenvalue weighted by atomic mass is 9.94. The molecule has 1 unspecified atom stereocenters. The highest BCUT2D eigenvalue weighted by Crippen LogP contribution is 2.37. The van der Waals surface area contributed by atoms with E-state index in [1.165, 1.54) is 29.5 Å². The molecule has 0 amide bonds. The molecule has 0 radical (unpaired) electrons. The molecule has 0 aliphatic heterocycles. The Morgan fingerprint density at radius 1 is 1.43 bits per heavy atom. The van der Waals surface area contributed by atoms with Crippen molar-refractivity contribution < 1.29 is 0 Å². The molecule has 72 valence electrons. The Labute approximate surface area is 86.0 Å². The lowest BCUT2D eigenvalue weighted by molar-refractivity contribution is 0.771. The van der Waals surface area contributed by atoms with Crippen molar-refractivity contribution in [2.24, 2.45) is 0 Å². The van der Waals surface area contributed by atoms with Gasteiger partial charge in [0.05, 0.1) is 0 Å². The third-order valence-corrected chi connectivity index (χ3v) is 3.06. The number of aryl methyl sites for hydroxylation is 1. The van der Waals surface area contributed by atoms with Crippen molar-refractivity contribution in [1.29, 1.82) is 0 Å². The van der Waals surface area contributed by atoms with Crippen molar-refractivity contribution in [2.75, 3.05) is 0 Å². The van der Waals surface area contributed by atoms with Gasteiger partial charge in [0.25, 0.3) is 0 Å². The molecular formula is C14H16. The second-order valence-corrected chi connectivity index (χ2v) is 3.94. The largest absolute Gasteiger partial charge is 0.0991 e. The molecule has 2 rings (SSSR count). The molecule has 0 fully saturated rings. The van der Waals surface area contributed by atoms with Crippen LogP contribution in [0.5, 0.6) is 0 Å². The van der Waals surface area contributed by atoms with Gasteiger partial charge in [-0.2, -0.15) is 0 Å². The molecule has 1 aliphatic rings. The molecule has 0 N–H and O–H groups in total. The molecule has 0 saturated heterocycles. The summed E-state index contributed by atoms with van der Waals surface area (Å²) in [5.74, 6) is 0.629. The fraction of sp³-hybridized carbons (Fsp3) is 0.286. The highest BCUT2D eigenvalue weighted by atomic mass is 14.3. The number of benzene rings is 1. The van der Waals surface area contributed by atoms with E-state index < -0.39 is 0 Å². The molecule has 0 spiro atoms. The third-order valence-electron chi connectivity index (χ3n) is 3.06. The van der Waals surface area contributed by atoms with Gasteiger partial charge in [-0.3, -0.25) is 0 Å². The molecule has 1 atom stereocenters. The minimum atomic E-state index is 0.629. The SMILES string of the molecule is C=CC=C(C)C1CCc2ccccc21. The van der Waals surface area contributed by atoms with Gasteiger partial charge >= 0.3 is 0 Å². The van der Waals surface area contributed by atoms with E-state index >= 15 is 0 Å². The summed E-state index contributed by atoms with van der Waals surface area (Å²) in [6.45, 7) is 5.95. The first-order valence-corrected chi connectivity index (χ1v) is 5.20. The molecule has 0 saturated carbocycles. The molecule has 1 aliphatic carbocycles. The van der Waals surface area contributed by atoms with E-state index in [1.807, 2.05) is 6.08 Å². The first-order valence-electron chi connectivity index (χ1n) is 5.20. The van der Waals surface area contributed by atoms with Crippen LogP contribution in [-0.4, -0.2) is 0 Å². The van der Waals surface area contributed by atoms with Crippen LogP contribution in [0.1, 0.15) is 30.4 Å². The number of fused-ring (bicyclic) bond motifs is 1. The summed E-state index contributed by atoms with van der Waals surface area (Å²) in [5.41, 5.74) is 4.47. The Bertz CT molecular complexity index is 371. The van der Waals surface area contributed by atoms with Gasteiger partial charge in [0, 0.05) is 5.92 Å². The zero-order valence-corrected chi connectivity index (χ0v) is 8.66. The quantitative estimate of drug-likeness (QED) is 0.612. The van der Waals surface area contributed by atoms with Gasteiger partial charge in [-0.25, -0.2) is 0 Å².